The van der Waals surface area contributed by atoms with Gasteiger partial charge < -0.3 is 15.5 Å². The van der Waals surface area contributed by atoms with E-state index in [4.69, 9.17) is 5.11 Å². The molecule has 0 radical (unpaired) electrons. The number of aliphatic carboxylic acids is 1. The number of aromatic hydroxyl groups is 1. The number of anilines is 1. The van der Waals surface area contributed by atoms with E-state index in [9.17, 15) is 20.0 Å². The smallest absolute Gasteiger partial charge is 0.308 e. The van der Waals surface area contributed by atoms with Gasteiger partial charge in [0, 0.05) is 16.3 Å². The van der Waals surface area contributed by atoms with Gasteiger partial charge in [0.1, 0.15) is 11.4 Å². The molecule has 7 nitrogen and oxygen atoms in total. The van der Waals surface area contributed by atoms with E-state index in [1.165, 1.54) is 23.5 Å². The number of hydrogen-bond acceptors (Lipinski definition) is 6. The van der Waals surface area contributed by atoms with Crippen LogP contribution in [0, 0.1) is 10.1 Å². The van der Waals surface area contributed by atoms with Crippen LogP contribution in [-0.2, 0) is 17.8 Å². The summed E-state index contributed by atoms with van der Waals surface area (Å²) in [5.41, 5.74) is 0.0864. The summed E-state index contributed by atoms with van der Waals surface area (Å²) < 4.78 is 0. The molecule has 0 amide bonds. The third kappa shape index (κ3) is 3.93. The number of carboxylic acid groups (broad SMARTS) is 1. The number of benzene rings is 1. The van der Waals surface area contributed by atoms with E-state index in [-0.39, 0.29) is 17.9 Å². The van der Waals surface area contributed by atoms with Gasteiger partial charge in [0.15, 0.2) is 0 Å². The van der Waals surface area contributed by atoms with Crippen molar-refractivity contribution in [2.45, 2.75) is 13.0 Å². The number of rotatable bonds is 6. The number of nitrogens with one attached hydrogen (secondary N) is 1. The van der Waals surface area contributed by atoms with Crippen molar-refractivity contribution in [1.29, 1.82) is 0 Å². The van der Waals surface area contributed by atoms with Crippen molar-refractivity contribution < 1.29 is 19.9 Å². The minimum absolute atomic E-state index is 0.0377. The van der Waals surface area contributed by atoms with Gasteiger partial charge in [-0.25, -0.2) is 0 Å². The van der Waals surface area contributed by atoms with Crippen LogP contribution < -0.4 is 5.32 Å². The zero-order valence-electron chi connectivity index (χ0n) is 10.8. The second-order valence-corrected chi connectivity index (χ2v) is 5.50. The highest BCUT2D eigenvalue weighted by atomic mass is 32.1. The molecule has 8 heteroatoms. The van der Waals surface area contributed by atoms with Crippen molar-refractivity contribution in [1.82, 2.24) is 0 Å². The molecule has 0 spiro atoms. The third-order valence-electron chi connectivity index (χ3n) is 2.67. The van der Waals surface area contributed by atoms with E-state index in [1.54, 1.807) is 12.1 Å². The quantitative estimate of drug-likeness (QED) is 0.429. The molecule has 0 aliphatic carbocycles. The zero-order chi connectivity index (χ0) is 15.4. The molecule has 1 aromatic carbocycles. The fraction of sp³-hybridized carbons (Fsp3) is 0.154. The SMILES string of the molecule is O=C(O)Cc1ccc(CNc2ccc(O)cc2[N+](=O)[O-])s1. The standard InChI is InChI=1S/C13H12N2O5S/c16-8-1-4-11(12(5-8)15(19)20)14-7-10-3-2-9(21-10)6-13(17)18/h1-5,14,16H,6-7H2,(H,17,18). The number of nitro benzene ring substituents is 1. The van der Waals surface area contributed by atoms with Crippen LogP contribution in [0.1, 0.15) is 9.75 Å². The first-order valence-electron chi connectivity index (χ1n) is 5.96. The van der Waals surface area contributed by atoms with E-state index in [0.29, 0.717) is 12.2 Å². The van der Waals surface area contributed by atoms with Crippen molar-refractivity contribution >= 4 is 28.7 Å². The Morgan fingerprint density at radius 3 is 2.67 bits per heavy atom. The van der Waals surface area contributed by atoms with Gasteiger partial charge in [-0.2, -0.15) is 0 Å². The summed E-state index contributed by atoms with van der Waals surface area (Å²) in [5.74, 6) is -1.07. The van der Waals surface area contributed by atoms with Crippen LogP contribution in [0.4, 0.5) is 11.4 Å². The van der Waals surface area contributed by atoms with Gasteiger partial charge in [-0.15, -0.1) is 11.3 Å². The Balaban J connectivity index is 2.08. The molecule has 0 fully saturated rings. The molecular formula is C13H12N2O5S. The maximum absolute atomic E-state index is 10.9. The average molecular weight is 308 g/mol. The third-order valence-corrected chi connectivity index (χ3v) is 3.76. The minimum atomic E-state index is -0.898. The monoisotopic (exact) mass is 308 g/mol. The molecule has 1 aromatic heterocycles. The largest absolute Gasteiger partial charge is 0.508 e. The predicted octanol–water partition coefficient (Wildman–Crippen LogP) is 2.60. The minimum Gasteiger partial charge on any atom is -0.508 e. The first-order valence-corrected chi connectivity index (χ1v) is 6.78. The van der Waals surface area contributed by atoms with Gasteiger partial charge >= 0.3 is 5.97 Å². The van der Waals surface area contributed by atoms with Gasteiger partial charge in [0.2, 0.25) is 0 Å². The van der Waals surface area contributed by atoms with Gasteiger partial charge in [-0.3, -0.25) is 14.9 Å². The Kier molecular flexibility index (Phi) is 4.39. The van der Waals surface area contributed by atoms with E-state index < -0.39 is 10.9 Å². The van der Waals surface area contributed by atoms with Gasteiger partial charge in [0.25, 0.3) is 5.69 Å². The Hall–Kier alpha value is -2.61. The van der Waals surface area contributed by atoms with Crippen LogP contribution in [0.15, 0.2) is 30.3 Å². The Labute approximate surface area is 123 Å². The topological polar surface area (TPSA) is 113 Å². The van der Waals surface area contributed by atoms with Crippen molar-refractivity contribution in [3.63, 3.8) is 0 Å². The van der Waals surface area contributed by atoms with Crippen molar-refractivity contribution in [2.24, 2.45) is 0 Å². The lowest BCUT2D eigenvalue weighted by atomic mass is 10.2. The molecule has 2 aromatic rings. The maximum Gasteiger partial charge on any atom is 0.308 e. The summed E-state index contributed by atoms with van der Waals surface area (Å²) in [6.07, 6.45) is -0.0377. The number of carboxylic acids is 1. The van der Waals surface area contributed by atoms with Crippen LogP contribution in [-0.4, -0.2) is 21.1 Å². The number of thiophene rings is 1. The molecule has 0 saturated carbocycles. The molecule has 0 aliphatic heterocycles. The Bertz CT molecular complexity index is 683. The maximum atomic E-state index is 10.9. The lowest BCUT2D eigenvalue weighted by Crippen LogP contribution is -2.01. The van der Waals surface area contributed by atoms with Crippen LogP contribution in [0.25, 0.3) is 0 Å². The fourth-order valence-corrected chi connectivity index (χ4v) is 2.71. The molecule has 110 valence electrons. The van der Waals surface area contributed by atoms with E-state index in [2.05, 4.69) is 5.32 Å². The number of hydrogen-bond donors (Lipinski definition) is 3. The number of carbonyl (C=O) groups is 1. The number of nitro groups is 1. The number of nitrogens with zero attached hydrogens (tertiary/aromatic N) is 1. The molecule has 0 atom stereocenters. The van der Waals surface area contributed by atoms with Crippen LogP contribution in [0.3, 0.4) is 0 Å². The summed E-state index contributed by atoms with van der Waals surface area (Å²) >= 11 is 1.34. The molecular weight excluding hydrogens is 296 g/mol. The molecule has 2 rings (SSSR count). The van der Waals surface area contributed by atoms with Crippen molar-refractivity contribution in [3.8, 4) is 5.75 Å². The highest BCUT2D eigenvalue weighted by molar-refractivity contribution is 7.12. The lowest BCUT2D eigenvalue weighted by Gasteiger charge is -2.06. The summed E-state index contributed by atoms with van der Waals surface area (Å²) in [5, 5.41) is 31.8. The fourth-order valence-electron chi connectivity index (χ4n) is 1.76. The number of phenols is 1. The second-order valence-electron chi connectivity index (χ2n) is 4.25. The molecule has 0 aliphatic rings. The Morgan fingerprint density at radius 2 is 2.00 bits per heavy atom. The Morgan fingerprint density at radius 1 is 1.29 bits per heavy atom. The van der Waals surface area contributed by atoms with E-state index in [0.717, 1.165) is 15.8 Å². The lowest BCUT2D eigenvalue weighted by molar-refractivity contribution is -0.384. The summed E-state index contributed by atoms with van der Waals surface area (Å²) in [6.45, 7) is 0.343. The summed E-state index contributed by atoms with van der Waals surface area (Å²) in [4.78, 5) is 22.5. The average Bonchev–Trinajstić information content (AvgIpc) is 2.83. The van der Waals surface area contributed by atoms with Crippen LogP contribution in [0.2, 0.25) is 0 Å². The normalized spacial score (nSPS) is 10.3. The van der Waals surface area contributed by atoms with Gasteiger partial charge in [-0.1, -0.05) is 0 Å². The van der Waals surface area contributed by atoms with Crippen molar-refractivity contribution in [3.05, 3.63) is 50.2 Å². The first kappa shape index (κ1) is 14.8. The summed E-state index contributed by atoms with van der Waals surface area (Å²) in [7, 11) is 0. The second kappa shape index (κ2) is 6.23. The van der Waals surface area contributed by atoms with Crippen molar-refractivity contribution in [2.75, 3.05) is 5.32 Å². The van der Waals surface area contributed by atoms with Crippen LogP contribution >= 0.6 is 11.3 Å². The summed E-state index contributed by atoms with van der Waals surface area (Å²) in [6, 6.07) is 7.37. The van der Waals surface area contributed by atoms with E-state index in [1.807, 2.05) is 0 Å². The zero-order valence-corrected chi connectivity index (χ0v) is 11.6. The highest BCUT2D eigenvalue weighted by Gasteiger charge is 2.14. The molecule has 3 N–H and O–H groups in total. The molecule has 0 saturated heterocycles. The van der Waals surface area contributed by atoms with Gasteiger partial charge in [0.05, 0.1) is 17.4 Å². The first-order chi connectivity index (χ1) is 9.95. The van der Waals surface area contributed by atoms with Gasteiger partial charge in [-0.05, 0) is 24.3 Å². The molecule has 1 heterocycles. The molecule has 21 heavy (non-hydrogen) atoms. The predicted molar refractivity (Wildman–Crippen MR) is 77.7 cm³/mol. The molecule has 0 unspecified atom stereocenters. The van der Waals surface area contributed by atoms with E-state index >= 15 is 0 Å². The van der Waals surface area contributed by atoms with Crippen LogP contribution in [0.5, 0.6) is 5.75 Å². The molecule has 0 bridgehead atoms. The highest BCUT2D eigenvalue weighted by Crippen LogP contribution is 2.29. The number of phenolic OH excluding ortho intramolecular Hbond substituents is 1.